The molecular formula is C12H17N3O4. The lowest BCUT2D eigenvalue weighted by molar-refractivity contribution is -0.137. The summed E-state index contributed by atoms with van der Waals surface area (Å²) in [6.45, 7) is 3.51. The smallest absolute Gasteiger partial charge is 0.323 e. The first-order valence-corrected chi connectivity index (χ1v) is 5.76. The van der Waals surface area contributed by atoms with E-state index < -0.39 is 11.9 Å². The van der Waals surface area contributed by atoms with E-state index in [0.717, 1.165) is 0 Å². The van der Waals surface area contributed by atoms with Gasteiger partial charge in [0.2, 0.25) is 0 Å². The van der Waals surface area contributed by atoms with Gasteiger partial charge in [0.1, 0.15) is 12.4 Å². The van der Waals surface area contributed by atoms with Gasteiger partial charge in [-0.15, -0.1) is 0 Å². The van der Waals surface area contributed by atoms with E-state index in [2.05, 4.69) is 9.97 Å². The van der Waals surface area contributed by atoms with E-state index in [1.54, 1.807) is 13.8 Å². The van der Waals surface area contributed by atoms with Gasteiger partial charge >= 0.3 is 5.97 Å². The molecule has 0 aromatic carbocycles. The lowest BCUT2D eigenvalue weighted by Gasteiger charge is -2.20. The van der Waals surface area contributed by atoms with Gasteiger partial charge in [0.15, 0.2) is 0 Å². The molecule has 1 amide bonds. The molecule has 0 saturated carbocycles. The number of rotatable bonds is 6. The molecule has 1 aromatic rings. The Balaban J connectivity index is 2.93. The minimum atomic E-state index is -1.07. The van der Waals surface area contributed by atoms with E-state index in [1.165, 1.54) is 18.2 Å². The maximum Gasteiger partial charge on any atom is 0.323 e. The number of ether oxygens (including phenoxy) is 1. The summed E-state index contributed by atoms with van der Waals surface area (Å²) < 4.78 is 4.87. The highest BCUT2D eigenvalue weighted by molar-refractivity contribution is 5.96. The van der Waals surface area contributed by atoms with E-state index in [1.807, 2.05) is 0 Å². The van der Waals surface area contributed by atoms with Crippen molar-refractivity contribution in [3.8, 4) is 0 Å². The zero-order chi connectivity index (χ0) is 14.4. The van der Waals surface area contributed by atoms with Crippen molar-refractivity contribution >= 4 is 11.9 Å². The van der Waals surface area contributed by atoms with Crippen LogP contribution in [0.5, 0.6) is 0 Å². The number of carboxylic acids is 1. The summed E-state index contributed by atoms with van der Waals surface area (Å²) in [6, 6.07) is 0. The number of amides is 1. The first-order valence-electron chi connectivity index (χ1n) is 5.76. The van der Waals surface area contributed by atoms with Crippen LogP contribution in [0.2, 0.25) is 0 Å². The summed E-state index contributed by atoms with van der Waals surface area (Å²) in [7, 11) is 1.49. The second-order valence-corrected chi connectivity index (χ2v) is 4.03. The summed E-state index contributed by atoms with van der Waals surface area (Å²) in [6.07, 6.45) is 1.42. The van der Waals surface area contributed by atoms with Gasteiger partial charge in [-0.3, -0.25) is 9.59 Å². The van der Waals surface area contributed by atoms with E-state index >= 15 is 0 Å². The molecule has 7 nitrogen and oxygen atoms in total. The van der Waals surface area contributed by atoms with Gasteiger partial charge in [0.05, 0.1) is 17.9 Å². The molecule has 0 aliphatic heterocycles. The van der Waals surface area contributed by atoms with Gasteiger partial charge in [0.25, 0.3) is 5.91 Å². The second-order valence-electron chi connectivity index (χ2n) is 4.03. The highest BCUT2D eigenvalue weighted by Crippen LogP contribution is 2.08. The van der Waals surface area contributed by atoms with Crippen molar-refractivity contribution in [2.24, 2.45) is 0 Å². The van der Waals surface area contributed by atoms with Crippen molar-refractivity contribution in [2.75, 3.05) is 26.8 Å². The zero-order valence-electron chi connectivity index (χ0n) is 11.2. The molecule has 0 fully saturated rings. The number of carboxylic acid groups (broad SMARTS) is 1. The van der Waals surface area contributed by atoms with Crippen molar-refractivity contribution in [2.45, 2.75) is 13.8 Å². The van der Waals surface area contributed by atoms with Crippen LogP contribution in [-0.2, 0) is 9.53 Å². The molecule has 1 aromatic heterocycles. The van der Waals surface area contributed by atoms with E-state index in [0.29, 0.717) is 17.1 Å². The molecule has 7 heteroatoms. The lowest BCUT2D eigenvalue weighted by Crippen LogP contribution is -2.38. The maximum absolute atomic E-state index is 12.2. The average Bonchev–Trinajstić information content (AvgIpc) is 2.33. The van der Waals surface area contributed by atoms with Crippen molar-refractivity contribution < 1.29 is 19.4 Å². The molecule has 0 unspecified atom stereocenters. The van der Waals surface area contributed by atoms with Crippen molar-refractivity contribution in [3.63, 3.8) is 0 Å². The van der Waals surface area contributed by atoms with E-state index in [4.69, 9.17) is 9.84 Å². The molecule has 0 aliphatic carbocycles. The van der Waals surface area contributed by atoms with Crippen LogP contribution in [-0.4, -0.2) is 58.7 Å². The predicted molar refractivity (Wildman–Crippen MR) is 66.9 cm³/mol. The van der Waals surface area contributed by atoms with Gasteiger partial charge in [-0.05, 0) is 13.8 Å². The summed E-state index contributed by atoms with van der Waals surface area (Å²) in [5.41, 5.74) is 0.841. The standard InChI is InChI=1S/C12H17N3O4/c1-8-10(6-13-9(2)14-8)12(18)15(4-5-19-3)7-11(16)17/h6H,4-5,7H2,1-3H3,(H,16,17). The largest absolute Gasteiger partial charge is 0.480 e. The fourth-order valence-corrected chi connectivity index (χ4v) is 1.58. The Labute approximate surface area is 111 Å². The summed E-state index contributed by atoms with van der Waals surface area (Å²) >= 11 is 0. The van der Waals surface area contributed by atoms with Crippen molar-refractivity contribution in [1.29, 1.82) is 0 Å². The average molecular weight is 267 g/mol. The number of aliphatic carboxylic acids is 1. The molecule has 0 spiro atoms. The van der Waals surface area contributed by atoms with Crippen LogP contribution in [0, 0.1) is 13.8 Å². The molecule has 1 N–H and O–H groups in total. The van der Waals surface area contributed by atoms with Crippen LogP contribution < -0.4 is 0 Å². The number of carbonyl (C=O) groups excluding carboxylic acids is 1. The van der Waals surface area contributed by atoms with Gasteiger partial charge < -0.3 is 14.7 Å². The molecule has 1 rings (SSSR count). The Bertz CT molecular complexity index is 476. The molecule has 0 aliphatic rings. The molecule has 0 radical (unpaired) electrons. The highest BCUT2D eigenvalue weighted by Gasteiger charge is 2.20. The molecule has 1 heterocycles. The minimum Gasteiger partial charge on any atom is -0.480 e. The first kappa shape index (κ1) is 15.0. The topological polar surface area (TPSA) is 92.6 Å². The molecule has 0 atom stereocenters. The van der Waals surface area contributed by atoms with Gasteiger partial charge in [-0.2, -0.15) is 0 Å². The third-order valence-electron chi connectivity index (χ3n) is 2.51. The molecular weight excluding hydrogens is 250 g/mol. The fraction of sp³-hybridized carbons (Fsp3) is 0.500. The summed E-state index contributed by atoms with van der Waals surface area (Å²) in [5.74, 6) is -0.914. The van der Waals surface area contributed by atoms with Crippen LogP contribution >= 0.6 is 0 Å². The van der Waals surface area contributed by atoms with Crippen LogP contribution in [0.1, 0.15) is 21.9 Å². The predicted octanol–water partition coefficient (Wildman–Crippen LogP) is 0.267. The lowest BCUT2D eigenvalue weighted by atomic mass is 10.2. The number of hydrogen-bond donors (Lipinski definition) is 1. The van der Waals surface area contributed by atoms with Crippen LogP contribution in [0.25, 0.3) is 0 Å². The van der Waals surface area contributed by atoms with Crippen LogP contribution in [0.3, 0.4) is 0 Å². The summed E-state index contributed by atoms with van der Waals surface area (Å²) in [5, 5.41) is 8.83. The Morgan fingerprint density at radius 2 is 2.11 bits per heavy atom. The quantitative estimate of drug-likeness (QED) is 0.795. The maximum atomic E-state index is 12.2. The van der Waals surface area contributed by atoms with Gasteiger partial charge in [-0.1, -0.05) is 0 Å². The van der Waals surface area contributed by atoms with E-state index in [9.17, 15) is 9.59 Å². The third kappa shape index (κ3) is 4.29. The highest BCUT2D eigenvalue weighted by atomic mass is 16.5. The Kier molecular flexibility index (Phi) is 5.37. The van der Waals surface area contributed by atoms with Crippen LogP contribution in [0.4, 0.5) is 0 Å². The Morgan fingerprint density at radius 1 is 1.42 bits per heavy atom. The molecule has 0 saturated heterocycles. The Hall–Kier alpha value is -2.02. The first-order chi connectivity index (χ1) is 8.95. The number of aromatic nitrogens is 2. The van der Waals surface area contributed by atoms with Crippen molar-refractivity contribution in [1.82, 2.24) is 14.9 Å². The minimum absolute atomic E-state index is 0.203. The third-order valence-corrected chi connectivity index (χ3v) is 2.51. The number of methoxy groups -OCH3 is 1. The zero-order valence-corrected chi connectivity index (χ0v) is 11.2. The Morgan fingerprint density at radius 3 is 2.63 bits per heavy atom. The molecule has 19 heavy (non-hydrogen) atoms. The number of aryl methyl sites for hydroxylation is 2. The SMILES string of the molecule is COCCN(CC(=O)O)C(=O)c1cnc(C)nc1C. The van der Waals surface area contributed by atoms with Crippen molar-refractivity contribution in [3.05, 3.63) is 23.3 Å². The summed E-state index contributed by atoms with van der Waals surface area (Å²) in [4.78, 5) is 32.3. The second kappa shape index (κ2) is 6.79. The monoisotopic (exact) mass is 267 g/mol. The van der Waals surface area contributed by atoms with E-state index in [-0.39, 0.29) is 19.7 Å². The van der Waals surface area contributed by atoms with Gasteiger partial charge in [0, 0.05) is 19.9 Å². The fourth-order valence-electron chi connectivity index (χ4n) is 1.58. The van der Waals surface area contributed by atoms with Crippen LogP contribution in [0.15, 0.2) is 6.20 Å². The molecule has 104 valence electrons. The number of carbonyl (C=O) groups is 2. The molecule has 0 bridgehead atoms. The number of nitrogens with zero attached hydrogens (tertiary/aromatic N) is 3. The number of hydrogen-bond acceptors (Lipinski definition) is 5. The normalized spacial score (nSPS) is 10.3. The van der Waals surface area contributed by atoms with Gasteiger partial charge in [-0.25, -0.2) is 9.97 Å².